The summed E-state index contributed by atoms with van der Waals surface area (Å²) in [5.41, 5.74) is 10.9. The Bertz CT molecular complexity index is 1680. The number of halogens is 1. The molecule has 4 aromatic carbocycles. The summed E-state index contributed by atoms with van der Waals surface area (Å²) in [6.45, 7) is 2.20. The normalized spacial score (nSPS) is 18.7. The van der Waals surface area contributed by atoms with Crippen LogP contribution in [0.3, 0.4) is 0 Å². The van der Waals surface area contributed by atoms with Gasteiger partial charge in [-0.25, -0.2) is 4.39 Å². The molecule has 0 saturated heterocycles. The Morgan fingerprint density at radius 1 is 0.743 bits per heavy atom. The zero-order chi connectivity index (χ0) is 23.3. The smallest absolute Gasteiger partial charge is 0.123 e. The largest absolute Gasteiger partial charge is 0.207 e. The van der Waals surface area contributed by atoms with Crippen LogP contribution >= 0.6 is 23.1 Å². The Balaban J connectivity index is 1.23. The Labute approximate surface area is 212 Å². The Morgan fingerprint density at radius 3 is 2.29 bits per heavy atom. The maximum Gasteiger partial charge on any atom is 0.123 e. The quantitative estimate of drug-likeness (QED) is 0.239. The molecule has 8 rings (SSSR count). The van der Waals surface area contributed by atoms with Crippen LogP contribution in [0.25, 0.3) is 47.7 Å². The van der Waals surface area contributed by atoms with Gasteiger partial charge in [0, 0.05) is 37.0 Å². The lowest BCUT2D eigenvalue weighted by Gasteiger charge is -2.11. The lowest BCUT2D eigenvalue weighted by atomic mass is 9.96. The van der Waals surface area contributed by atoms with Crippen molar-refractivity contribution < 1.29 is 4.39 Å². The second-order valence-electron chi connectivity index (χ2n) is 9.66. The standard InChI is InChI=1S/C32H21FS2/c1-2-17-3-5-18(6-4-17)27-15-25-21-11-14-24-30-22(12-13-23(29(21)30)31(25)34-27)26-16-28(35-32(24)26)19-7-9-20(33)10-8-19/h3-16,26,32H,2H2,1H3. The van der Waals surface area contributed by atoms with Crippen LogP contribution in [0.2, 0.25) is 0 Å². The molecular formula is C32H21FS2. The SMILES string of the molecule is CCc1ccc(-c2cc3c(s2)-c2ccc4c5c(ccc-3c25)C2SC(c3ccc(F)cc3)=CC42)cc1. The summed E-state index contributed by atoms with van der Waals surface area (Å²) in [7, 11) is 0. The van der Waals surface area contributed by atoms with E-state index in [1.165, 1.54) is 64.4 Å². The van der Waals surface area contributed by atoms with E-state index in [-0.39, 0.29) is 5.82 Å². The number of rotatable bonds is 3. The molecule has 2 unspecified atom stereocenters. The van der Waals surface area contributed by atoms with Crippen molar-refractivity contribution in [2.24, 2.45) is 0 Å². The summed E-state index contributed by atoms with van der Waals surface area (Å²) in [4.78, 5) is 4.02. The third kappa shape index (κ3) is 2.74. The maximum absolute atomic E-state index is 13.4. The molecule has 0 bridgehead atoms. The summed E-state index contributed by atoms with van der Waals surface area (Å²) in [5.74, 6) is 0.199. The van der Waals surface area contributed by atoms with E-state index in [0.717, 1.165) is 12.0 Å². The van der Waals surface area contributed by atoms with Crippen LogP contribution in [-0.4, -0.2) is 0 Å². The summed E-state index contributed by atoms with van der Waals surface area (Å²) in [5, 5.41) is 3.32. The van der Waals surface area contributed by atoms with Crippen LogP contribution in [0.5, 0.6) is 0 Å². The minimum atomic E-state index is -0.181. The molecule has 1 aliphatic heterocycles. The van der Waals surface area contributed by atoms with Crippen molar-refractivity contribution in [2.45, 2.75) is 24.5 Å². The van der Waals surface area contributed by atoms with E-state index in [2.05, 4.69) is 67.6 Å². The van der Waals surface area contributed by atoms with Gasteiger partial charge in [0.25, 0.3) is 0 Å². The molecule has 1 aromatic heterocycles. The van der Waals surface area contributed by atoms with Gasteiger partial charge in [-0.3, -0.25) is 0 Å². The zero-order valence-electron chi connectivity index (χ0n) is 19.1. The predicted molar refractivity (Wildman–Crippen MR) is 149 cm³/mol. The molecule has 2 heterocycles. The summed E-state index contributed by atoms with van der Waals surface area (Å²) >= 11 is 3.85. The summed E-state index contributed by atoms with van der Waals surface area (Å²) in [6.07, 6.45) is 3.48. The lowest BCUT2D eigenvalue weighted by Crippen LogP contribution is -1.92. The molecule has 35 heavy (non-hydrogen) atoms. The van der Waals surface area contributed by atoms with Crippen molar-refractivity contribution >= 4 is 38.8 Å². The van der Waals surface area contributed by atoms with Crippen LogP contribution < -0.4 is 0 Å². The van der Waals surface area contributed by atoms with Gasteiger partial charge in [0.1, 0.15) is 5.82 Å². The molecule has 0 fully saturated rings. The van der Waals surface area contributed by atoms with E-state index in [0.29, 0.717) is 11.2 Å². The van der Waals surface area contributed by atoms with Gasteiger partial charge in [0.05, 0.1) is 0 Å². The number of aryl methyl sites for hydroxylation is 1. The number of thioether (sulfide) groups is 1. The Kier molecular flexibility index (Phi) is 4.13. The fraction of sp³-hybridized carbons (Fsp3) is 0.125. The summed E-state index contributed by atoms with van der Waals surface area (Å²) < 4.78 is 13.4. The fourth-order valence-corrected chi connectivity index (χ4v) is 8.78. The van der Waals surface area contributed by atoms with Crippen molar-refractivity contribution in [3.8, 4) is 32.0 Å². The molecular weight excluding hydrogens is 467 g/mol. The molecule has 0 N–H and O–H groups in total. The molecule has 2 atom stereocenters. The van der Waals surface area contributed by atoms with Crippen LogP contribution in [-0.2, 0) is 6.42 Å². The van der Waals surface area contributed by atoms with E-state index in [4.69, 9.17) is 0 Å². The van der Waals surface area contributed by atoms with Crippen molar-refractivity contribution in [3.63, 3.8) is 0 Å². The summed E-state index contributed by atoms with van der Waals surface area (Å²) in [6, 6.07) is 27.8. The maximum atomic E-state index is 13.4. The monoisotopic (exact) mass is 488 g/mol. The highest BCUT2D eigenvalue weighted by Crippen LogP contribution is 2.64. The van der Waals surface area contributed by atoms with Gasteiger partial charge in [0.15, 0.2) is 0 Å². The fourth-order valence-electron chi connectivity index (χ4n) is 6.10. The minimum absolute atomic E-state index is 0.181. The molecule has 2 aliphatic carbocycles. The molecule has 0 amide bonds. The van der Waals surface area contributed by atoms with Crippen molar-refractivity contribution in [3.05, 3.63) is 113 Å². The van der Waals surface area contributed by atoms with Gasteiger partial charge >= 0.3 is 0 Å². The van der Waals surface area contributed by atoms with Crippen LogP contribution in [0.4, 0.5) is 4.39 Å². The number of hydrogen-bond acceptors (Lipinski definition) is 2. The van der Waals surface area contributed by atoms with E-state index in [1.807, 2.05) is 35.2 Å². The molecule has 0 nitrogen and oxygen atoms in total. The lowest BCUT2D eigenvalue weighted by molar-refractivity contribution is 0.627. The van der Waals surface area contributed by atoms with Gasteiger partial charge < -0.3 is 0 Å². The molecule has 0 spiro atoms. The van der Waals surface area contributed by atoms with E-state index >= 15 is 0 Å². The first kappa shape index (κ1) is 20.1. The molecule has 3 aliphatic rings. The van der Waals surface area contributed by atoms with Gasteiger partial charge in [-0.15, -0.1) is 23.1 Å². The van der Waals surface area contributed by atoms with Crippen LogP contribution in [0.1, 0.15) is 40.3 Å². The number of thiophene rings is 1. The minimum Gasteiger partial charge on any atom is -0.207 e. The van der Waals surface area contributed by atoms with Gasteiger partial charge in [-0.1, -0.05) is 73.7 Å². The molecule has 168 valence electrons. The molecule has 5 aromatic rings. The molecule has 0 saturated carbocycles. The third-order valence-electron chi connectivity index (χ3n) is 7.84. The first-order valence-electron chi connectivity index (χ1n) is 12.2. The second-order valence-corrected chi connectivity index (χ2v) is 11.9. The average Bonchev–Trinajstić information content (AvgIpc) is 3.64. The zero-order valence-corrected chi connectivity index (χ0v) is 20.8. The van der Waals surface area contributed by atoms with Crippen molar-refractivity contribution in [1.29, 1.82) is 0 Å². The van der Waals surface area contributed by atoms with E-state index in [1.54, 1.807) is 12.1 Å². The van der Waals surface area contributed by atoms with Gasteiger partial charge in [-0.2, -0.15) is 0 Å². The number of benzene rings is 4. The third-order valence-corrected chi connectivity index (χ3v) is 10.5. The highest BCUT2D eigenvalue weighted by Gasteiger charge is 2.41. The Hall–Kier alpha value is -3.14. The highest BCUT2D eigenvalue weighted by atomic mass is 32.2. The van der Waals surface area contributed by atoms with E-state index < -0.39 is 0 Å². The predicted octanol–water partition coefficient (Wildman–Crippen LogP) is 9.84. The van der Waals surface area contributed by atoms with Crippen molar-refractivity contribution in [1.82, 2.24) is 0 Å². The Morgan fingerprint density at radius 2 is 1.49 bits per heavy atom. The van der Waals surface area contributed by atoms with Crippen LogP contribution in [0.15, 0.2) is 84.9 Å². The highest BCUT2D eigenvalue weighted by molar-refractivity contribution is 8.08. The van der Waals surface area contributed by atoms with Gasteiger partial charge in [0.2, 0.25) is 0 Å². The van der Waals surface area contributed by atoms with Gasteiger partial charge in [-0.05, 0) is 68.8 Å². The van der Waals surface area contributed by atoms with Crippen LogP contribution in [0, 0.1) is 5.82 Å². The molecule has 3 heteroatoms. The second kappa shape index (κ2) is 7.19. The first-order valence-corrected chi connectivity index (χ1v) is 13.9. The first-order chi connectivity index (χ1) is 17.2. The topological polar surface area (TPSA) is 0 Å². The van der Waals surface area contributed by atoms with E-state index in [9.17, 15) is 4.39 Å². The number of allylic oxidation sites excluding steroid dienone is 1. The average molecular weight is 489 g/mol. The number of fused-ring (bicyclic) bond motifs is 6. The van der Waals surface area contributed by atoms with Crippen molar-refractivity contribution in [2.75, 3.05) is 0 Å². The molecule has 0 radical (unpaired) electrons. The number of hydrogen-bond donors (Lipinski definition) is 0.